The molecular weight excluding hydrogens is 206 g/mol. The molecule has 1 unspecified atom stereocenters. The van der Waals surface area contributed by atoms with E-state index in [9.17, 15) is 9.90 Å². The Balaban J connectivity index is 2.79. The van der Waals surface area contributed by atoms with E-state index in [1.807, 2.05) is 0 Å². The van der Waals surface area contributed by atoms with E-state index in [2.05, 4.69) is 4.98 Å². The molecule has 1 heterocycles. The SMILES string of the molecule is CC(O)(Cc1ccc(Cl)cn1)C(=O)O. The number of carboxylic acid groups (broad SMARTS) is 1. The van der Waals surface area contributed by atoms with Crippen molar-refractivity contribution in [3.05, 3.63) is 29.0 Å². The van der Waals surface area contributed by atoms with E-state index in [1.165, 1.54) is 13.1 Å². The van der Waals surface area contributed by atoms with E-state index in [1.54, 1.807) is 12.1 Å². The minimum Gasteiger partial charge on any atom is -0.479 e. The first-order valence-corrected chi connectivity index (χ1v) is 4.36. The van der Waals surface area contributed by atoms with E-state index < -0.39 is 11.6 Å². The summed E-state index contributed by atoms with van der Waals surface area (Å²) in [6.07, 6.45) is 1.37. The molecular formula is C9H10ClNO3. The Morgan fingerprint density at radius 2 is 2.29 bits per heavy atom. The van der Waals surface area contributed by atoms with E-state index in [0.717, 1.165) is 0 Å². The van der Waals surface area contributed by atoms with Crippen LogP contribution in [0.1, 0.15) is 12.6 Å². The summed E-state index contributed by atoms with van der Waals surface area (Å²) in [6.45, 7) is 1.23. The summed E-state index contributed by atoms with van der Waals surface area (Å²) in [5, 5.41) is 18.6. The fraction of sp³-hybridized carbons (Fsp3) is 0.333. The zero-order chi connectivity index (χ0) is 10.8. The van der Waals surface area contributed by atoms with Crippen molar-refractivity contribution in [2.45, 2.75) is 18.9 Å². The van der Waals surface area contributed by atoms with Gasteiger partial charge in [0.1, 0.15) is 0 Å². The molecule has 0 aliphatic carbocycles. The van der Waals surface area contributed by atoms with Gasteiger partial charge >= 0.3 is 5.97 Å². The molecule has 2 N–H and O–H groups in total. The lowest BCUT2D eigenvalue weighted by atomic mass is 10.0. The Bertz CT molecular complexity index is 334. The van der Waals surface area contributed by atoms with E-state index in [0.29, 0.717) is 10.7 Å². The van der Waals surface area contributed by atoms with Crippen LogP contribution in [-0.2, 0) is 11.2 Å². The minimum absolute atomic E-state index is 0.0422. The number of nitrogens with zero attached hydrogens (tertiary/aromatic N) is 1. The van der Waals surface area contributed by atoms with Gasteiger partial charge in [0, 0.05) is 18.3 Å². The Morgan fingerprint density at radius 1 is 1.64 bits per heavy atom. The maximum absolute atomic E-state index is 10.6. The number of hydrogen-bond acceptors (Lipinski definition) is 3. The summed E-state index contributed by atoms with van der Waals surface area (Å²) >= 11 is 5.60. The van der Waals surface area contributed by atoms with Crippen molar-refractivity contribution in [1.29, 1.82) is 0 Å². The van der Waals surface area contributed by atoms with Crippen LogP contribution in [0.4, 0.5) is 0 Å². The van der Waals surface area contributed by atoms with Crippen molar-refractivity contribution in [1.82, 2.24) is 4.98 Å². The van der Waals surface area contributed by atoms with Crippen LogP contribution in [0, 0.1) is 0 Å². The van der Waals surface area contributed by atoms with Gasteiger partial charge in [-0.3, -0.25) is 4.98 Å². The first-order valence-electron chi connectivity index (χ1n) is 3.98. The lowest BCUT2D eigenvalue weighted by Crippen LogP contribution is -2.37. The standard InChI is InChI=1S/C9H10ClNO3/c1-9(14,8(12)13)4-7-3-2-6(10)5-11-7/h2-3,5,14H,4H2,1H3,(H,12,13). The molecule has 0 saturated heterocycles. The van der Waals surface area contributed by atoms with Crippen molar-refractivity contribution >= 4 is 17.6 Å². The third-order valence-corrected chi connectivity index (χ3v) is 2.00. The molecule has 0 bridgehead atoms. The number of hydrogen-bond donors (Lipinski definition) is 2. The van der Waals surface area contributed by atoms with Gasteiger partial charge in [-0.25, -0.2) is 4.79 Å². The van der Waals surface area contributed by atoms with Gasteiger partial charge in [0.2, 0.25) is 0 Å². The highest BCUT2D eigenvalue weighted by Gasteiger charge is 2.30. The van der Waals surface area contributed by atoms with Crippen molar-refractivity contribution in [3.63, 3.8) is 0 Å². The van der Waals surface area contributed by atoms with Gasteiger partial charge in [0.25, 0.3) is 0 Å². The molecule has 0 aromatic carbocycles. The predicted octanol–water partition coefficient (Wildman–Crippen LogP) is 1.11. The van der Waals surface area contributed by atoms with Crippen LogP contribution in [0.3, 0.4) is 0 Å². The summed E-state index contributed by atoms with van der Waals surface area (Å²) in [7, 11) is 0. The number of aliphatic hydroxyl groups is 1. The molecule has 0 amide bonds. The Kier molecular flexibility index (Phi) is 3.08. The Hall–Kier alpha value is -1.13. The molecule has 0 fully saturated rings. The molecule has 0 saturated carbocycles. The zero-order valence-electron chi connectivity index (χ0n) is 7.57. The fourth-order valence-electron chi connectivity index (χ4n) is 0.939. The summed E-state index contributed by atoms with van der Waals surface area (Å²) in [4.78, 5) is 14.5. The van der Waals surface area contributed by atoms with Crippen LogP contribution in [0.2, 0.25) is 5.02 Å². The number of carboxylic acids is 1. The molecule has 14 heavy (non-hydrogen) atoms. The predicted molar refractivity (Wildman–Crippen MR) is 51.2 cm³/mol. The van der Waals surface area contributed by atoms with E-state index in [-0.39, 0.29) is 6.42 Å². The van der Waals surface area contributed by atoms with Crippen LogP contribution in [0.25, 0.3) is 0 Å². The third-order valence-electron chi connectivity index (χ3n) is 1.77. The quantitative estimate of drug-likeness (QED) is 0.793. The maximum Gasteiger partial charge on any atom is 0.335 e. The van der Waals surface area contributed by atoms with Gasteiger partial charge in [0.15, 0.2) is 5.60 Å². The molecule has 5 heteroatoms. The number of aromatic nitrogens is 1. The number of aliphatic carboxylic acids is 1. The average molecular weight is 216 g/mol. The van der Waals surface area contributed by atoms with Gasteiger partial charge in [-0.15, -0.1) is 0 Å². The number of carbonyl (C=O) groups is 1. The Morgan fingerprint density at radius 3 is 2.71 bits per heavy atom. The summed E-state index contributed by atoms with van der Waals surface area (Å²) < 4.78 is 0. The molecule has 1 aromatic heterocycles. The monoisotopic (exact) mass is 215 g/mol. The second kappa shape index (κ2) is 3.94. The highest BCUT2D eigenvalue weighted by molar-refractivity contribution is 6.30. The topological polar surface area (TPSA) is 70.4 Å². The van der Waals surface area contributed by atoms with E-state index >= 15 is 0 Å². The molecule has 4 nitrogen and oxygen atoms in total. The van der Waals surface area contributed by atoms with E-state index in [4.69, 9.17) is 16.7 Å². The molecule has 0 spiro atoms. The Labute approximate surface area is 86.2 Å². The summed E-state index contributed by atoms with van der Waals surface area (Å²) in [5.74, 6) is -1.27. The van der Waals surface area contributed by atoms with Crippen LogP contribution in [0.15, 0.2) is 18.3 Å². The third kappa shape index (κ3) is 2.68. The average Bonchev–Trinajstić information content (AvgIpc) is 2.08. The first kappa shape index (κ1) is 10.9. The number of halogens is 1. The minimum atomic E-state index is -1.79. The maximum atomic E-state index is 10.6. The van der Waals surface area contributed by atoms with Gasteiger partial charge in [-0.05, 0) is 19.1 Å². The van der Waals surface area contributed by atoms with Crippen molar-refractivity contribution in [2.75, 3.05) is 0 Å². The lowest BCUT2D eigenvalue weighted by Gasteiger charge is -2.16. The van der Waals surface area contributed by atoms with Gasteiger partial charge in [-0.2, -0.15) is 0 Å². The molecule has 0 radical (unpaired) electrons. The first-order chi connectivity index (χ1) is 6.42. The van der Waals surface area contributed by atoms with Crippen LogP contribution in [-0.4, -0.2) is 26.8 Å². The molecule has 0 aliphatic heterocycles. The number of rotatable bonds is 3. The highest BCUT2D eigenvalue weighted by atomic mass is 35.5. The summed E-state index contributed by atoms with van der Waals surface area (Å²) in [6, 6.07) is 3.18. The molecule has 0 aliphatic rings. The van der Waals surface area contributed by atoms with Crippen LogP contribution < -0.4 is 0 Å². The largest absolute Gasteiger partial charge is 0.479 e. The molecule has 76 valence electrons. The summed E-state index contributed by atoms with van der Waals surface area (Å²) in [5.41, 5.74) is -1.30. The smallest absolute Gasteiger partial charge is 0.335 e. The van der Waals surface area contributed by atoms with Gasteiger partial charge < -0.3 is 10.2 Å². The van der Waals surface area contributed by atoms with Gasteiger partial charge in [-0.1, -0.05) is 11.6 Å². The number of pyridine rings is 1. The molecule has 1 rings (SSSR count). The van der Waals surface area contributed by atoms with Gasteiger partial charge in [0.05, 0.1) is 5.02 Å². The van der Waals surface area contributed by atoms with Crippen molar-refractivity contribution < 1.29 is 15.0 Å². The van der Waals surface area contributed by atoms with Crippen LogP contribution in [0.5, 0.6) is 0 Å². The van der Waals surface area contributed by atoms with Crippen molar-refractivity contribution in [3.8, 4) is 0 Å². The lowest BCUT2D eigenvalue weighted by molar-refractivity contribution is -0.156. The normalized spacial score (nSPS) is 14.8. The van der Waals surface area contributed by atoms with Crippen LogP contribution >= 0.6 is 11.6 Å². The second-order valence-corrected chi connectivity index (χ2v) is 3.66. The molecule has 1 atom stereocenters. The zero-order valence-corrected chi connectivity index (χ0v) is 8.32. The molecule has 1 aromatic rings. The highest BCUT2D eigenvalue weighted by Crippen LogP contribution is 2.13. The fourth-order valence-corrected chi connectivity index (χ4v) is 1.05. The second-order valence-electron chi connectivity index (χ2n) is 3.22. The van der Waals surface area contributed by atoms with Crippen molar-refractivity contribution in [2.24, 2.45) is 0 Å².